The van der Waals surface area contributed by atoms with E-state index in [1.807, 2.05) is 0 Å². The number of carbonyl (C=O) groups is 2. The molecule has 1 aromatic rings. The van der Waals surface area contributed by atoms with E-state index in [0.717, 1.165) is 0 Å². The number of amides is 2. The number of halogens is 1. The fourth-order valence-corrected chi connectivity index (χ4v) is 2.06. The van der Waals surface area contributed by atoms with Crippen LogP contribution in [0.15, 0.2) is 12.4 Å². The van der Waals surface area contributed by atoms with Crippen LogP contribution in [0.25, 0.3) is 0 Å². The van der Waals surface area contributed by atoms with Crippen molar-refractivity contribution in [3.05, 3.63) is 23.2 Å². The smallest absolute Gasteiger partial charge is 0.409 e. The highest BCUT2D eigenvalue weighted by atomic mass is 35.5. The first kappa shape index (κ1) is 14.5. The Morgan fingerprint density at radius 2 is 1.90 bits per heavy atom. The van der Waals surface area contributed by atoms with Gasteiger partial charge in [0.2, 0.25) is 0 Å². The van der Waals surface area contributed by atoms with Gasteiger partial charge in [-0.15, -0.1) is 0 Å². The number of nitrogens with zero attached hydrogens (tertiary/aromatic N) is 4. The van der Waals surface area contributed by atoms with Crippen LogP contribution in [0.2, 0.25) is 5.15 Å². The zero-order valence-electron chi connectivity index (χ0n) is 11.1. The summed E-state index contributed by atoms with van der Waals surface area (Å²) < 4.78 is 4.92. The van der Waals surface area contributed by atoms with Gasteiger partial charge in [0.1, 0.15) is 10.8 Å². The molecule has 2 amide bonds. The molecule has 0 bridgehead atoms. The largest absolute Gasteiger partial charge is 0.450 e. The first-order chi connectivity index (χ1) is 9.61. The second-order valence-electron chi connectivity index (χ2n) is 4.21. The number of hydrogen-bond acceptors (Lipinski definition) is 5. The van der Waals surface area contributed by atoms with Crippen molar-refractivity contribution in [1.82, 2.24) is 19.8 Å². The quantitative estimate of drug-likeness (QED) is 0.815. The van der Waals surface area contributed by atoms with E-state index in [1.54, 1.807) is 16.7 Å². The molecule has 0 radical (unpaired) electrons. The molecule has 0 aliphatic carbocycles. The summed E-state index contributed by atoms with van der Waals surface area (Å²) in [5.41, 5.74) is 0.210. The molecule has 7 nitrogen and oxygen atoms in total. The average Bonchev–Trinajstić information content (AvgIpc) is 2.47. The van der Waals surface area contributed by atoms with Crippen LogP contribution >= 0.6 is 11.6 Å². The predicted octanol–water partition coefficient (Wildman–Crippen LogP) is 1.04. The van der Waals surface area contributed by atoms with Crippen LogP contribution in [-0.4, -0.2) is 64.6 Å². The number of ether oxygens (including phenoxy) is 1. The zero-order valence-corrected chi connectivity index (χ0v) is 11.8. The van der Waals surface area contributed by atoms with Crippen molar-refractivity contribution in [3.63, 3.8) is 0 Å². The molecule has 0 aromatic carbocycles. The minimum atomic E-state index is -0.345. The SMILES string of the molecule is CCOC(=O)N1CCN(C(=O)c2cncc(Cl)n2)CC1. The van der Waals surface area contributed by atoms with Crippen molar-refractivity contribution in [1.29, 1.82) is 0 Å². The predicted molar refractivity (Wildman–Crippen MR) is 71.5 cm³/mol. The molecular weight excluding hydrogens is 284 g/mol. The first-order valence-corrected chi connectivity index (χ1v) is 6.68. The molecule has 1 saturated heterocycles. The van der Waals surface area contributed by atoms with Crippen LogP contribution < -0.4 is 0 Å². The Kier molecular flexibility index (Phi) is 4.73. The van der Waals surface area contributed by atoms with Crippen molar-refractivity contribution in [2.75, 3.05) is 32.8 Å². The van der Waals surface area contributed by atoms with Crippen LogP contribution in [0.4, 0.5) is 4.79 Å². The summed E-state index contributed by atoms with van der Waals surface area (Å²) in [5.74, 6) is -0.233. The molecule has 1 fully saturated rings. The summed E-state index contributed by atoms with van der Waals surface area (Å²) in [6.45, 7) is 3.86. The van der Waals surface area contributed by atoms with Gasteiger partial charge in [-0.2, -0.15) is 0 Å². The Labute approximate surface area is 121 Å². The number of carbonyl (C=O) groups excluding carboxylic acids is 2. The molecule has 1 aliphatic rings. The number of piperazine rings is 1. The molecule has 0 spiro atoms. The van der Waals surface area contributed by atoms with E-state index >= 15 is 0 Å². The summed E-state index contributed by atoms with van der Waals surface area (Å²) in [6.07, 6.45) is 2.41. The van der Waals surface area contributed by atoms with Gasteiger partial charge in [0.15, 0.2) is 0 Å². The second-order valence-corrected chi connectivity index (χ2v) is 4.59. The number of hydrogen-bond donors (Lipinski definition) is 0. The fraction of sp³-hybridized carbons (Fsp3) is 0.500. The zero-order chi connectivity index (χ0) is 14.5. The van der Waals surface area contributed by atoms with Gasteiger partial charge < -0.3 is 14.5 Å². The van der Waals surface area contributed by atoms with Gasteiger partial charge in [-0.1, -0.05) is 11.6 Å². The first-order valence-electron chi connectivity index (χ1n) is 6.30. The third-order valence-electron chi connectivity index (χ3n) is 2.92. The van der Waals surface area contributed by atoms with E-state index in [2.05, 4.69) is 9.97 Å². The van der Waals surface area contributed by atoms with E-state index in [1.165, 1.54) is 12.4 Å². The van der Waals surface area contributed by atoms with E-state index in [-0.39, 0.29) is 22.8 Å². The Balaban J connectivity index is 1.93. The van der Waals surface area contributed by atoms with E-state index in [9.17, 15) is 9.59 Å². The van der Waals surface area contributed by atoms with E-state index < -0.39 is 0 Å². The summed E-state index contributed by atoms with van der Waals surface area (Å²) in [5, 5.41) is 0.181. The van der Waals surface area contributed by atoms with E-state index in [4.69, 9.17) is 16.3 Å². The van der Waals surface area contributed by atoms with Gasteiger partial charge in [0, 0.05) is 26.2 Å². The molecule has 8 heteroatoms. The Hall–Kier alpha value is -1.89. The highest BCUT2D eigenvalue weighted by Gasteiger charge is 2.26. The summed E-state index contributed by atoms with van der Waals surface area (Å²) >= 11 is 5.71. The molecule has 1 aromatic heterocycles. The van der Waals surface area contributed by atoms with Crippen molar-refractivity contribution in [2.45, 2.75) is 6.92 Å². The molecule has 0 N–H and O–H groups in total. The normalized spacial score (nSPS) is 15.1. The highest BCUT2D eigenvalue weighted by Crippen LogP contribution is 2.09. The Bertz CT molecular complexity index is 503. The van der Waals surface area contributed by atoms with Crippen LogP contribution in [0.3, 0.4) is 0 Å². The minimum absolute atomic E-state index is 0.181. The van der Waals surface area contributed by atoms with Gasteiger partial charge in [-0.05, 0) is 6.92 Å². The molecule has 2 heterocycles. The lowest BCUT2D eigenvalue weighted by atomic mass is 10.3. The lowest BCUT2D eigenvalue weighted by Crippen LogP contribution is -2.50. The topological polar surface area (TPSA) is 75.6 Å². The fourth-order valence-electron chi connectivity index (χ4n) is 1.91. The molecule has 1 aliphatic heterocycles. The lowest BCUT2D eigenvalue weighted by molar-refractivity contribution is 0.0565. The molecular formula is C12H15ClN4O3. The molecule has 0 unspecified atom stereocenters. The Morgan fingerprint density at radius 1 is 1.25 bits per heavy atom. The van der Waals surface area contributed by atoms with Crippen molar-refractivity contribution in [3.8, 4) is 0 Å². The maximum atomic E-state index is 12.2. The van der Waals surface area contributed by atoms with Crippen LogP contribution in [0, 0.1) is 0 Å². The standard InChI is InChI=1S/C12H15ClN4O3/c1-2-20-12(19)17-5-3-16(4-6-17)11(18)9-7-14-8-10(13)15-9/h7-8H,2-6H2,1H3. The van der Waals surface area contributed by atoms with Crippen molar-refractivity contribution in [2.24, 2.45) is 0 Å². The minimum Gasteiger partial charge on any atom is -0.450 e. The van der Waals surface area contributed by atoms with Gasteiger partial charge in [0.05, 0.1) is 19.0 Å². The molecule has 0 saturated carbocycles. The monoisotopic (exact) mass is 298 g/mol. The number of aromatic nitrogens is 2. The maximum absolute atomic E-state index is 12.2. The van der Waals surface area contributed by atoms with Gasteiger partial charge in [-0.3, -0.25) is 9.78 Å². The second kappa shape index (κ2) is 6.51. The summed E-state index contributed by atoms with van der Waals surface area (Å²) in [6, 6.07) is 0. The van der Waals surface area contributed by atoms with Gasteiger partial charge in [-0.25, -0.2) is 9.78 Å². The van der Waals surface area contributed by atoms with Gasteiger partial charge >= 0.3 is 6.09 Å². The van der Waals surface area contributed by atoms with Crippen LogP contribution in [0.1, 0.15) is 17.4 Å². The van der Waals surface area contributed by atoms with Crippen LogP contribution in [-0.2, 0) is 4.74 Å². The summed E-state index contributed by atoms with van der Waals surface area (Å²) in [7, 11) is 0. The van der Waals surface area contributed by atoms with E-state index in [0.29, 0.717) is 32.8 Å². The molecule has 2 rings (SSSR count). The third kappa shape index (κ3) is 3.36. The van der Waals surface area contributed by atoms with Gasteiger partial charge in [0.25, 0.3) is 5.91 Å². The van der Waals surface area contributed by atoms with Crippen molar-refractivity contribution >= 4 is 23.6 Å². The number of rotatable bonds is 2. The third-order valence-corrected chi connectivity index (χ3v) is 3.10. The lowest BCUT2D eigenvalue weighted by Gasteiger charge is -2.33. The van der Waals surface area contributed by atoms with Crippen LogP contribution in [0.5, 0.6) is 0 Å². The van der Waals surface area contributed by atoms with Crippen molar-refractivity contribution < 1.29 is 14.3 Å². The molecule has 20 heavy (non-hydrogen) atoms. The summed E-state index contributed by atoms with van der Waals surface area (Å²) in [4.78, 5) is 34.7. The average molecular weight is 299 g/mol. The Morgan fingerprint density at radius 3 is 2.50 bits per heavy atom. The molecule has 108 valence electrons. The highest BCUT2D eigenvalue weighted by molar-refractivity contribution is 6.29. The maximum Gasteiger partial charge on any atom is 0.409 e. The molecule has 0 atom stereocenters.